The van der Waals surface area contributed by atoms with Crippen LogP contribution in [-0.2, 0) is 12.8 Å². The Bertz CT molecular complexity index is 885. The van der Waals surface area contributed by atoms with Crippen LogP contribution in [-0.4, -0.2) is 17.8 Å². The average Bonchev–Trinajstić information content (AvgIpc) is 3.46. The van der Waals surface area contributed by atoms with Crippen molar-refractivity contribution in [1.82, 2.24) is 0 Å². The van der Waals surface area contributed by atoms with E-state index in [1.165, 1.54) is 35.1 Å². The Hall–Kier alpha value is -1.51. The maximum atomic E-state index is 10.5. The van der Waals surface area contributed by atoms with E-state index < -0.39 is 0 Å². The van der Waals surface area contributed by atoms with Gasteiger partial charge in [-0.1, -0.05) is 55.3 Å². The average molecular weight is 411 g/mol. The minimum absolute atomic E-state index is 0.189. The van der Waals surface area contributed by atoms with Gasteiger partial charge in [-0.05, 0) is 78.5 Å². The summed E-state index contributed by atoms with van der Waals surface area (Å²) in [5.41, 5.74) is 6.60. The first-order valence-corrected chi connectivity index (χ1v) is 11.7. The molecule has 0 spiro atoms. The van der Waals surface area contributed by atoms with Crippen molar-refractivity contribution in [3.8, 4) is 5.75 Å². The maximum absolute atomic E-state index is 10.5. The molecule has 0 radical (unpaired) electrons. The third kappa shape index (κ3) is 3.94. The van der Waals surface area contributed by atoms with Crippen molar-refractivity contribution in [1.29, 1.82) is 0 Å². The number of hydrogen-bond acceptors (Lipinski definition) is 2. The lowest BCUT2D eigenvalue weighted by atomic mass is 9.74. The number of hydrogen-bond donors (Lipinski definition) is 1. The van der Waals surface area contributed by atoms with Crippen LogP contribution in [0, 0.1) is 5.92 Å². The van der Waals surface area contributed by atoms with E-state index in [1.807, 2.05) is 0 Å². The quantitative estimate of drug-likeness (QED) is 0.618. The number of rotatable bonds is 5. The molecule has 3 atom stereocenters. The van der Waals surface area contributed by atoms with Gasteiger partial charge in [-0.2, -0.15) is 0 Å². The Balaban J connectivity index is 1.46. The molecule has 29 heavy (non-hydrogen) atoms. The second-order valence-electron chi connectivity index (χ2n) is 9.37. The molecule has 1 N–H and O–H groups in total. The second kappa shape index (κ2) is 7.96. The molecule has 1 aliphatic heterocycles. The molecular formula is C26H31ClO2. The second-order valence-corrected chi connectivity index (χ2v) is 9.75. The number of fused-ring (bicyclic) bond motifs is 1. The fourth-order valence-electron chi connectivity index (χ4n) is 5.44. The van der Waals surface area contributed by atoms with Gasteiger partial charge in [0.25, 0.3) is 0 Å². The molecule has 3 aliphatic rings. The number of aliphatic hydroxyl groups is 1. The highest BCUT2D eigenvalue weighted by atomic mass is 35.5. The summed E-state index contributed by atoms with van der Waals surface area (Å²) in [6.07, 6.45) is 8.36. The van der Waals surface area contributed by atoms with E-state index in [-0.39, 0.29) is 6.10 Å². The van der Waals surface area contributed by atoms with Gasteiger partial charge in [0, 0.05) is 12.0 Å². The molecule has 0 bridgehead atoms. The fraction of sp³-hybridized carbons (Fsp3) is 0.538. The third-order valence-electron chi connectivity index (χ3n) is 7.25. The van der Waals surface area contributed by atoms with Gasteiger partial charge < -0.3 is 9.84 Å². The Kier molecular flexibility index (Phi) is 5.34. The molecule has 3 unspecified atom stereocenters. The lowest BCUT2D eigenvalue weighted by Crippen LogP contribution is -2.25. The zero-order chi connectivity index (χ0) is 20.0. The van der Waals surface area contributed by atoms with Crippen LogP contribution in [0.25, 0.3) is 0 Å². The van der Waals surface area contributed by atoms with E-state index in [1.54, 1.807) is 0 Å². The molecule has 1 heterocycles. The molecule has 5 rings (SSSR count). The van der Waals surface area contributed by atoms with Crippen LogP contribution >= 0.6 is 11.6 Å². The molecule has 0 aromatic heterocycles. The van der Waals surface area contributed by atoms with Crippen LogP contribution in [0.15, 0.2) is 30.3 Å². The predicted molar refractivity (Wildman–Crippen MR) is 118 cm³/mol. The van der Waals surface area contributed by atoms with Crippen molar-refractivity contribution < 1.29 is 9.84 Å². The van der Waals surface area contributed by atoms with E-state index >= 15 is 0 Å². The number of benzene rings is 2. The Morgan fingerprint density at radius 1 is 1.07 bits per heavy atom. The van der Waals surface area contributed by atoms with Crippen molar-refractivity contribution >= 4 is 11.6 Å². The number of ether oxygens (including phenoxy) is 1. The van der Waals surface area contributed by atoms with Gasteiger partial charge >= 0.3 is 0 Å². The van der Waals surface area contributed by atoms with Crippen molar-refractivity contribution in [3.63, 3.8) is 0 Å². The topological polar surface area (TPSA) is 29.5 Å². The number of aliphatic hydroxyl groups excluding tert-OH is 1. The molecule has 2 nitrogen and oxygen atoms in total. The zero-order valence-corrected chi connectivity index (χ0v) is 18.0. The summed E-state index contributed by atoms with van der Waals surface area (Å²) in [7, 11) is 0. The van der Waals surface area contributed by atoms with Crippen molar-refractivity contribution in [3.05, 3.63) is 63.2 Å². The standard InChI is InChI=1S/C26H31ClO2/c1-2-16-11-20(14-22(28)13-16)24-15-21(25(27)26-23(24)9-10-29-26)12-17-3-5-18(6-4-17)19-7-8-19/h3-6,15-16,19-20,22,28H,2,7-14H2,1H3. The predicted octanol–water partition coefficient (Wildman–Crippen LogP) is 6.40. The van der Waals surface area contributed by atoms with E-state index in [4.69, 9.17) is 16.3 Å². The first kappa shape index (κ1) is 19.5. The zero-order valence-electron chi connectivity index (χ0n) is 17.3. The molecular weight excluding hydrogens is 380 g/mol. The smallest absolute Gasteiger partial charge is 0.141 e. The SMILES string of the molecule is CCC1CC(O)CC(c2cc(Cc3ccc(C4CC4)cc3)c(Cl)c3c2CCO3)C1. The fourth-order valence-corrected chi connectivity index (χ4v) is 5.73. The first-order valence-electron chi connectivity index (χ1n) is 11.4. The van der Waals surface area contributed by atoms with E-state index in [0.717, 1.165) is 60.8 Å². The molecule has 2 saturated carbocycles. The van der Waals surface area contributed by atoms with Gasteiger partial charge in [-0.15, -0.1) is 0 Å². The number of halogens is 1. The Labute approximate surface area is 179 Å². The van der Waals surface area contributed by atoms with Gasteiger partial charge in [0.05, 0.1) is 17.7 Å². The van der Waals surface area contributed by atoms with E-state index in [2.05, 4.69) is 37.3 Å². The van der Waals surface area contributed by atoms with Crippen LogP contribution in [0.2, 0.25) is 5.02 Å². The summed E-state index contributed by atoms with van der Waals surface area (Å²) in [6, 6.07) is 11.4. The Morgan fingerprint density at radius 2 is 1.86 bits per heavy atom. The summed E-state index contributed by atoms with van der Waals surface area (Å²) in [5.74, 6) is 2.71. The van der Waals surface area contributed by atoms with E-state index in [0.29, 0.717) is 18.4 Å². The van der Waals surface area contributed by atoms with Crippen molar-refractivity contribution in [2.24, 2.45) is 5.92 Å². The largest absolute Gasteiger partial charge is 0.491 e. The third-order valence-corrected chi connectivity index (χ3v) is 7.67. The van der Waals surface area contributed by atoms with Crippen LogP contribution < -0.4 is 4.74 Å². The summed E-state index contributed by atoms with van der Waals surface area (Å²) < 4.78 is 5.98. The summed E-state index contributed by atoms with van der Waals surface area (Å²) in [4.78, 5) is 0. The van der Waals surface area contributed by atoms with Crippen LogP contribution in [0.4, 0.5) is 0 Å². The monoisotopic (exact) mass is 410 g/mol. The van der Waals surface area contributed by atoms with Gasteiger partial charge in [-0.25, -0.2) is 0 Å². The minimum Gasteiger partial charge on any atom is -0.491 e. The summed E-state index contributed by atoms with van der Waals surface area (Å²) in [6.45, 7) is 2.96. The van der Waals surface area contributed by atoms with Crippen LogP contribution in [0.1, 0.15) is 85.1 Å². The molecule has 154 valence electrons. The highest BCUT2D eigenvalue weighted by Crippen LogP contribution is 2.46. The molecule has 3 heteroatoms. The molecule has 0 saturated heterocycles. The summed E-state index contributed by atoms with van der Waals surface area (Å²) in [5, 5.41) is 11.3. The maximum Gasteiger partial charge on any atom is 0.141 e. The molecule has 2 aromatic carbocycles. The van der Waals surface area contributed by atoms with Gasteiger partial charge in [0.15, 0.2) is 0 Å². The van der Waals surface area contributed by atoms with Crippen LogP contribution in [0.5, 0.6) is 5.75 Å². The highest BCUT2D eigenvalue weighted by Gasteiger charge is 2.32. The van der Waals surface area contributed by atoms with Gasteiger partial charge in [0.2, 0.25) is 0 Å². The van der Waals surface area contributed by atoms with Crippen LogP contribution in [0.3, 0.4) is 0 Å². The first-order chi connectivity index (χ1) is 14.1. The van der Waals surface area contributed by atoms with Gasteiger partial charge in [-0.3, -0.25) is 0 Å². The molecule has 2 aliphatic carbocycles. The van der Waals surface area contributed by atoms with Crippen molar-refractivity contribution in [2.75, 3.05) is 6.61 Å². The minimum atomic E-state index is -0.189. The van der Waals surface area contributed by atoms with Crippen molar-refractivity contribution in [2.45, 2.75) is 76.2 Å². The Morgan fingerprint density at radius 3 is 2.59 bits per heavy atom. The molecule has 0 amide bonds. The molecule has 2 aromatic rings. The highest BCUT2D eigenvalue weighted by molar-refractivity contribution is 6.33. The molecule has 2 fully saturated rings. The van der Waals surface area contributed by atoms with Gasteiger partial charge in [0.1, 0.15) is 5.75 Å². The summed E-state index contributed by atoms with van der Waals surface area (Å²) >= 11 is 6.82. The van der Waals surface area contributed by atoms with E-state index in [9.17, 15) is 5.11 Å². The normalized spacial score (nSPS) is 26.2. The lowest BCUT2D eigenvalue weighted by molar-refractivity contribution is 0.0879. The lowest BCUT2D eigenvalue weighted by Gasteiger charge is -2.33.